The van der Waals surface area contributed by atoms with Gasteiger partial charge in [-0.1, -0.05) is 48.5 Å². The van der Waals surface area contributed by atoms with Gasteiger partial charge < -0.3 is 9.72 Å². The topological polar surface area (TPSA) is 66.5 Å². The van der Waals surface area contributed by atoms with Crippen molar-refractivity contribution >= 4 is 17.9 Å². The molecule has 25 heavy (non-hydrogen) atoms. The number of carbonyl (C=O) groups is 1. The minimum atomic E-state index is -0.372. The zero-order valence-corrected chi connectivity index (χ0v) is 14.1. The molecule has 0 saturated heterocycles. The Bertz CT molecular complexity index is 884. The van der Waals surface area contributed by atoms with Crippen molar-refractivity contribution in [3.05, 3.63) is 77.6 Å². The molecule has 2 aromatic carbocycles. The van der Waals surface area contributed by atoms with Gasteiger partial charge in [-0.2, -0.15) is 5.10 Å². The molecule has 5 nitrogen and oxygen atoms in total. The molecule has 2 N–H and O–H groups in total. The maximum Gasteiger partial charge on any atom is 0.340 e. The predicted molar refractivity (Wildman–Crippen MR) is 100.0 cm³/mol. The first-order chi connectivity index (χ1) is 12.2. The van der Waals surface area contributed by atoms with Crippen LogP contribution in [0.4, 0.5) is 5.69 Å². The number of benzene rings is 2. The van der Waals surface area contributed by atoms with E-state index in [1.807, 2.05) is 67.6 Å². The van der Waals surface area contributed by atoms with Gasteiger partial charge >= 0.3 is 5.97 Å². The van der Waals surface area contributed by atoms with Crippen LogP contribution in [0, 0.1) is 6.92 Å². The molecule has 126 valence electrons. The standard InChI is InChI=1S/C20H19N3O2/c1-14-18(20(24)25-2)19(15-9-5-3-6-10-15)17(22-14)13-21-23-16-11-7-4-8-12-16/h3-13,22-23H,1-2H3/b21-13-. The van der Waals surface area contributed by atoms with Gasteiger partial charge in [-0.15, -0.1) is 0 Å². The third-order valence-corrected chi connectivity index (χ3v) is 3.83. The summed E-state index contributed by atoms with van der Waals surface area (Å²) in [6.07, 6.45) is 1.68. The lowest BCUT2D eigenvalue weighted by Gasteiger charge is -2.05. The largest absolute Gasteiger partial charge is 0.465 e. The van der Waals surface area contributed by atoms with Crippen LogP contribution < -0.4 is 5.43 Å². The number of methoxy groups -OCH3 is 1. The molecule has 0 fully saturated rings. The van der Waals surface area contributed by atoms with Crippen LogP contribution in [0.5, 0.6) is 0 Å². The molecular weight excluding hydrogens is 314 g/mol. The van der Waals surface area contributed by atoms with E-state index < -0.39 is 0 Å². The van der Waals surface area contributed by atoms with Gasteiger partial charge in [0.05, 0.1) is 30.3 Å². The molecule has 0 spiro atoms. The second kappa shape index (κ2) is 7.49. The number of hydrogen-bond acceptors (Lipinski definition) is 4. The normalized spacial score (nSPS) is 10.8. The lowest BCUT2D eigenvalue weighted by molar-refractivity contribution is 0.0601. The highest BCUT2D eigenvalue weighted by Gasteiger charge is 2.22. The van der Waals surface area contributed by atoms with Crippen LogP contribution in [0.1, 0.15) is 21.7 Å². The molecule has 0 saturated carbocycles. The molecule has 5 heteroatoms. The number of anilines is 1. The fraction of sp³-hybridized carbons (Fsp3) is 0.100. The molecule has 0 amide bonds. The van der Waals surface area contributed by atoms with Gasteiger partial charge in [-0.25, -0.2) is 4.79 Å². The molecule has 0 aliphatic rings. The summed E-state index contributed by atoms with van der Waals surface area (Å²) in [5, 5.41) is 4.28. The highest BCUT2D eigenvalue weighted by Crippen LogP contribution is 2.30. The molecule has 0 unspecified atom stereocenters. The van der Waals surface area contributed by atoms with Crippen LogP contribution in [0.2, 0.25) is 0 Å². The number of H-pyrrole nitrogens is 1. The maximum absolute atomic E-state index is 12.2. The van der Waals surface area contributed by atoms with Crippen LogP contribution in [0.25, 0.3) is 11.1 Å². The minimum Gasteiger partial charge on any atom is -0.465 e. The van der Waals surface area contributed by atoms with E-state index in [-0.39, 0.29) is 5.97 Å². The number of nitrogens with zero attached hydrogens (tertiary/aromatic N) is 1. The van der Waals surface area contributed by atoms with Crippen LogP contribution in [0.3, 0.4) is 0 Å². The Hall–Kier alpha value is -3.34. The van der Waals surface area contributed by atoms with Crippen molar-refractivity contribution < 1.29 is 9.53 Å². The number of nitrogens with one attached hydrogen (secondary N) is 2. The maximum atomic E-state index is 12.2. The van der Waals surface area contributed by atoms with E-state index in [0.29, 0.717) is 5.56 Å². The molecule has 0 aliphatic carbocycles. The molecular formula is C20H19N3O2. The molecule has 3 rings (SSSR count). The molecule has 0 bridgehead atoms. The van der Waals surface area contributed by atoms with Crippen molar-refractivity contribution in [2.75, 3.05) is 12.5 Å². The first-order valence-corrected chi connectivity index (χ1v) is 7.91. The summed E-state index contributed by atoms with van der Waals surface area (Å²) in [6.45, 7) is 1.85. The Labute approximate surface area is 146 Å². The van der Waals surface area contributed by atoms with Crippen molar-refractivity contribution in [1.29, 1.82) is 0 Å². The molecule has 1 aromatic heterocycles. The van der Waals surface area contributed by atoms with Crippen molar-refractivity contribution in [3.8, 4) is 11.1 Å². The van der Waals surface area contributed by atoms with Gasteiger partial charge in [0.1, 0.15) is 0 Å². The van der Waals surface area contributed by atoms with E-state index >= 15 is 0 Å². The highest BCUT2D eigenvalue weighted by atomic mass is 16.5. The van der Waals surface area contributed by atoms with Gasteiger partial charge in [0.15, 0.2) is 0 Å². The molecule has 1 heterocycles. The monoisotopic (exact) mass is 333 g/mol. The summed E-state index contributed by atoms with van der Waals surface area (Å²) in [6, 6.07) is 19.4. The SMILES string of the molecule is COC(=O)c1c(C)[nH]c(/C=N\Nc2ccccc2)c1-c1ccccc1. The lowest BCUT2D eigenvalue weighted by atomic mass is 10.0. The third-order valence-electron chi connectivity index (χ3n) is 3.83. The zero-order chi connectivity index (χ0) is 17.6. The van der Waals surface area contributed by atoms with E-state index in [4.69, 9.17) is 4.74 Å². The Kier molecular flexibility index (Phi) is 4.95. The summed E-state index contributed by atoms with van der Waals surface area (Å²) in [5.41, 5.74) is 7.58. The quantitative estimate of drug-likeness (QED) is 0.417. The minimum absolute atomic E-state index is 0.372. The number of rotatable bonds is 5. The van der Waals surface area contributed by atoms with Gasteiger partial charge in [0.2, 0.25) is 0 Å². The number of aromatic amines is 1. The second-order valence-corrected chi connectivity index (χ2v) is 5.51. The van der Waals surface area contributed by atoms with E-state index in [1.165, 1.54) is 7.11 Å². The van der Waals surface area contributed by atoms with Crippen molar-refractivity contribution in [2.45, 2.75) is 6.92 Å². The molecule has 0 atom stereocenters. The predicted octanol–water partition coefficient (Wildman–Crippen LogP) is 4.22. The Morgan fingerprint density at radius 3 is 2.36 bits per heavy atom. The number of para-hydroxylation sites is 1. The zero-order valence-electron chi connectivity index (χ0n) is 14.1. The van der Waals surface area contributed by atoms with Crippen molar-refractivity contribution in [3.63, 3.8) is 0 Å². The molecule has 0 radical (unpaired) electrons. The van der Waals surface area contributed by atoms with E-state index in [2.05, 4.69) is 15.5 Å². The second-order valence-electron chi connectivity index (χ2n) is 5.51. The Morgan fingerprint density at radius 2 is 1.72 bits per heavy atom. The lowest BCUT2D eigenvalue weighted by Crippen LogP contribution is -2.04. The van der Waals surface area contributed by atoms with E-state index in [9.17, 15) is 4.79 Å². The fourth-order valence-electron chi connectivity index (χ4n) is 2.69. The third kappa shape index (κ3) is 3.61. The fourth-order valence-corrected chi connectivity index (χ4v) is 2.69. The summed E-state index contributed by atoms with van der Waals surface area (Å²) in [7, 11) is 1.38. The van der Waals surface area contributed by atoms with Gasteiger partial charge in [0.25, 0.3) is 0 Å². The number of carbonyl (C=O) groups excluding carboxylic acids is 1. The highest BCUT2D eigenvalue weighted by molar-refractivity contribution is 6.04. The number of aryl methyl sites for hydroxylation is 1. The van der Waals surface area contributed by atoms with Crippen molar-refractivity contribution in [2.24, 2.45) is 5.10 Å². The van der Waals surface area contributed by atoms with Gasteiger partial charge in [-0.3, -0.25) is 5.43 Å². The summed E-state index contributed by atoms with van der Waals surface area (Å²) in [4.78, 5) is 15.5. The first-order valence-electron chi connectivity index (χ1n) is 7.91. The Morgan fingerprint density at radius 1 is 1.08 bits per heavy atom. The van der Waals surface area contributed by atoms with Crippen LogP contribution in [-0.2, 0) is 4.74 Å². The molecule has 0 aliphatic heterocycles. The number of hydrogen-bond donors (Lipinski definition) is 2. The summed E-state index contributed by atoms with van der Waals surface area (Å²) < 4.78 is 4.95. The Balaban J connectivity index is 2.00. The number of hydrazone groups is 1. The van der Waals surface area contributed by atoms with Crippen LogP contribution in [-0.4, -0.2) is 24.3 Å². The van der Waals surface area contributed by atoms with Gasteiger partial charge in [-0.05, 0) is 24.6 Å². The van der Waals surface area contributed by atoms with Gasteiger partial charge in [0, 0.05) is 11.3 Å². The van der Waals surface area contributed by atoms with E-state index in [1.54, 1.807) is 6.21 Å². The molecule has 3 aromatic rings. The summed E-state index contributed by atoms with van der Waals surface area (Å²) >= 11 is 0. The number of ether oxygens (including phenoxy) is 1. The summed E-state index contributed by atoms with van der Waals surface area (Å²) in [5.74, 6) is -0.372. The number of aromatic nitrogens is 1. The van der Waals surface area contributed by atoms with Crippen LogP contribution in [0.15, 0.2) is 65.8 Å². The average molecular weight is 333 g/mol. The van der Waals surface area contributed by atoms with Crippen LogP contribution >= 0.6 is 0 Å². The first kappa shape index (κ1) is 16.5. The van der Waals surface area contributed by atoms with Crippen molar-refractivity contribution in [1.82, 2.24) is 4.98 Å². The van der Waals surface area contributed by atoms with E-state index in [0.717, 1.165) is 28.2 Å². The average Bonchev–Trinajstić information content (AvgIpc) is 2.99. The smallest absolute Gasteiger partial charge is 0.340 e. The number of esters is 1.